The minimum absolute atomic E-state index is 0.104. The largest absolute Gasteiger partial charge is 0.497 e. The fraction of sp³-hybridized carbons (Fsp3) is 0.370. The molecule has 0 unspecified atom stereocenters. The average Bonchev–Trinajstić information content (AvgIpc) is 3.25. The summed E-state index contributed by atoms with van der Waals surface area (Å²) in [7, 11) is 1.61. The number of para-hydroxylation sites is 1. The lowest BCUT2D eigenvalue weighted by Gasteiger charge is -2.26. The predicted molar refractivity (Wildman–Crippen MR) is 136 cm³/mol. The minimum atomic E-state index is -0.318. The number of rotatable bonds is 9. The van der Waals surface area contributed by atoms with E-state index in [9.17, 15) is 9.59 Å². The standard InChI is InChI=1S/C27H34N4O4/c1-19(2)30(26(33)18-35-22-10-8-7-9-11-22)17-25(32)28-24-16-23(27(3,4)5)29-31(24)20-12-14-21(34-6)15-13-20/h7-16,19H,17-18H2,1-6H3,(H,28,32). The molecule has 1 heterocycles. The van der Waals surface area contributed by atoms with Crippen molar-refractivity contribution in [3.63, 3.8) is 0 Å². The summed E-state index contributed by atoms with van der Waals surface area (Å²) in [6.45, 7) is 9.67. The number of aromatic nitrogens is 2. The van der Waals surface area contributed by atoms with Crippen LogP contribution in [0.4, 0.5) is 5.82 Å². The summed E-state index contributed by atoms with van der Waals surface area (Å²) in [5.74, 6) is 1.28. The molecule has 0 saturated carbocycles. The van der Waals surface area contributed by atoms with Crippen molar-refractivity contribution < 1.29 is 19.1 Å². The number of carbonyl (C=O) groups is 2. The minimum Gasteiger partial charge on any atom is -0.497 e. The second-order valence-corrected chi connectivity index (χ2v) is 9.54. The summed E-state index contributed by atoms with van der Waals surface area (Å²) in [6.07, 6.45) is 0. The van der Waals surface area contributed by atoms with Crippen molar-refractivity contribution in [3.8, 4) is 17.2 Å². The summed E-state index contributed by atoms with van der Waals surface area (Å²) in [5, 5.41) is 7.67. The lowest BCUT2D eigenvalue weighted by Crippen LogP contribution is -2.44. The highest BCUT2D eigenvalue weighted by molar-refractivity contribution is 5.94. The molecule has 3 aromatic rings. The Balaban J connectivity index is 1.76. The molecule has 1 aromatic heterocycles. The van der Waals surface area contributed by atoms with Crippen LogP contribution in [0.15, 0.2) is 60.7 Å². The molecule has 0 aliphatic carbocycles. The number of ether oxygens (including phenoxy) is 2. The van der Waals surface area contributed by atoms with Crippen LogP contribution in [0, 0.1) is 0 Å². The van der Waals surface area contributed by atoms with Gasteiger partial charge >= 0.3 is 0 Å². The molecule has 0 saturated heterocycles. The van der Waals surface area contributed by atoms with Gasteiger partial charge in [-0.15, -0.1) is 0 Å². The molecular weight excluding hydrogens is 444 g/mol. The number of amides is 2. The third-order valence-corrected chi connectivity index (χ3v) is 5.43. The molecule has 8 nitrogen and oxygen atoms in total. The van der Waals surface area contributed by atoms with Crippen LogP contribution in [0.2, 0.25) is 0 Å². The van der Waals surface area contributed by atoms with Crippen molar-refractivity contribution in [2.45, 2.75) is 46.1 Å². The number of nitrogens with one attached hydrogen (secondary N) is 1. The zero-order chi connectivity index (χ0) is 25.6. The van der Waals surface area contributed by atoms with E-state index in [1.54, 1.807) is 23.9 Å². The van der Waals surface area contributed by atoms with Gasteiger partial charge in [-0.25, -0.2) is 4.68 Å². The Morgan fingerprint density at radius 2 is 1.69 bits per heavy atom. The monoisotopic (exact) mass is 478 g/mol. The lowest BCUT2D eigenvalue weighted by molar-refractivity contribution is -0.138. The van der Waals surface area contributed by atoms with Crippen LogP contribution in [0.3, 0.4) is 0 Å². The van der Waals surface area contributed by atoms with Crippen molar-refractivity contribution in [1.82, 2.24) is 14.7 Å². The first-order valence-electron chi connectivity index (χ1n) is 11.6. The van der Waals surface area contributed by atoms with E-state index in [1.807, 2.05) is 62.4 Å². The Hall–Kier alpha value is -3.81. The quantitative estimate of drug-likeness (QED) is 0.492. The Labute approximate surface area is 206 Å². The van der Waals surface area contributed by atoms with Crippen LogP contribution < -0.4 is 14.8 Å². The predicted octanol–water partition coefficient (Wildman–Crippen LogP) is 4.43. The molecule has 3 rings (SSSR count). The summed E-state index contributed by atoms with van der Waals surface area (Å²) in [5.41, 5.74) is 1.40. The number of carbonyl (C=O) groups excluding carboxylic acids is 2. The second kappa shape index (κ2) is 11.1. The maximum absolute atomic E-state index is 13.0. The topological polar surface area (TPSA) is 85.7 Å². The maximum atomic E-state index is 13.0. The van der Waals surface area contributed by atoms with Crippen molar-refractivity contribution in [2.24, 2.45) is 0 Å². The molecule has 0 bridgehead atoms. The molecule has 0 radical (unpaired) electrons. The number of benzene rings is 2. The van der Waals surface area contributed by atoms with Crippen LogP contribution in [0.5, 0.6) is 11.5 Å². The first-order valence-corrected chi connectivity index (χ1v) is 11.6. The summed E-state index contributed by atoms with van der Waals surface area (Å²) >= 11 is 0. The number of hydrogen-bond donors (Lipinski definition) is 1. The van der Waals surface area contributed by atoms with E-state index in [0.29, 0.717) is 11.6 Å². The summed E-state index contributed by atoms with van der Waals surface area (Å²) in [6, 6.07) is 18.2. The Bertz CT molecular complexity index is 1130. The van der Waals surface area contributed by atoms with Gasteiger partial charge in [0.2, 0.25) is 5.91 Å². The van der Waals surface area contributed by atoms with Crippen LogP contribution in [0.1, 0.15) is 40.3 Å². The van der Waals surface area contributed by atoms with E-state index in [1.165, 1.54) is 4.90 Å². The van der Waals surface area contributed by atoms with Gasteiger partial charge in [0.25, 0.3) is 5.91 Å². The van der Waals surface area contributed by atoms with Gasteiger partial charge < -0.3 is 19.7 Å². The molecular formula is C27H34N4O4. The fourth-order valence-corrected chi connectivity index (χ4v) is 3.40. The molecule has 0 spiro atoms. The van der Waals surface area contributed by atoms with Gasteiger partial charge in [-0.1, -0.05) is 39.0 Å². The molecule has 0 fully saturated rings. The van der Waals surface area contributed by atoms with E-state index < -0.39 is 0 Å². The number of hydrogen-bond acceptors (Lipinski definition) is 5. The molecule has 0 aliphatic rings. The van der Waals surface area contributed by atoms with E-state index in [4.69, 9.17) is 14.6 Å². The first-order chi connectivity index (χ1) is 16.6. The third-order valence-electron chi connectivity index (χ3n) is 5.43. The maximum Gasteiger partial charge on any atom is 0.261 e. The lowest BCUT2D eigenvalue weighted by atomic mass is 9.92. The van der Waals surface area contributed by atoms with E-state index >= 15 is 0 Å². The molecule has 2 amide bonds. The van der Waals surface area contributed by atoms with Gasteiger partial charge in [0, 0.05) is 17.5 Å². The smallest absolute Gasteiger partial charge is 0.261 e. The third kappa shape index (κ3) is 6.85. The Morgan fingerprint density at radius 3 is 2.26 bits per heavy atom. The van der Waals surface area contributed by atoms with Crippen LogP contribution in [0.25, 0.3) is 5.69 Å². The summed E-state index contributed by atoms with van der Waals surface area (Å²) in [4.78, 5) is 27.4. The second-order valence-electron chi connectivity index (χ2n) is 9.54. The normalized spacial score (nSPS) is 11.3. The van der Waals surface area contributed by atoms with Gasteiger partial charge in [-0.3, -0.25) is 9.59 Å². The van der Waals surface area contributed by atoms with E-state index in [-0.39, 0.29) is 36.4 Å². The molecule has 1 N–H and O–H groups in total. The van der Waals surface area contributed by atoms with Gasteiger partial charge in [0.1, 0.15) is 23.9 Å². The molecule has 35 heavy (non-hydrogen) atoms. The highest BCUT2D eigenvalue weighted by atomic mass is 16.5. The Morgan fingerprint density at radius 1 is 1.03 bits per heavy atom. The average molecular weight is 479 g/mol. The number of nitrogens with zero attached hydrogens (tertiary/aromatic N) is 3. The molecule has 0 atom stereocenters. The van der Waals surface area contributed by atoms with Gasteiger partial charge in [0.05, 0.1) is 18.5 Å². The molecule has 8 heteroatoms. The van der Waals surface area contributed by atoms with E-state index in [2.05, 4.69) is 26.1 Å². The van der Waals surface area contributed by atoms with Gasteiger partial charge in [-0.2, -0.15) is 5.10 Å². The highest BCUT2D eigenvalue weighted by Crippen LogP contribution is 2.27. The van der Waals surface area contributed by atoms with Gasteiger partial charge in [-0.05, 0) is 50.2 Å². The first kappa shape index (κ1) is 25.8. The highest BCUT2D eigenvalue weighted by Gasteiger charge is 2.24. The van der Waals surface area contributed by atoms with Gasteiger partial charge in [0.15, 0.2) is 6.61 Å². The van der Waals surface area contributed by atoms with Crippen LogP contribution >= 0.6 is 0 Å². The van der Waals surface area contributed by atoms with E-state index in [0.717, 1.165) is 17.1 Å². The van der Waals surface area contributed by atoms with Crippen molar-refractivity contribution in [2.75, 3.05) is 25.6 Å². The summed E-state index contributed by atoms with van der Waals surface area (Å²) < 4.78 is 12.5. The Kier molecular flexibility index (Phi) is 8.17. The molecule has 2 aromatic carbocycles. The fourth-order valence-electron chi connectivity index (χ4n) is 3.40. The molecule has 186 valence electrons. The molecule has 0 aliphatic heterocycles. The number of methoxy groups -OCH3 is 1. The van der Waals surface area contributed by atoms with Crippen molar-refractivity contribution in [1.29, 1.82) is 0 Å². The SMILES string of the molecule is COc1ccc(-n2nc(C(C)(C)C)cc2NC(=O)CN(C(=O)COc2ccccc2)C(C)C)cc1. The zero-order valence-corrected chi connectivity index (χ0v) is 21.2. The van der Waals surface area contributed by atoms with Crippen molar-refractivity contribution in [3.05, 3.63) is 66.4 Å². The number of anilines is 1. The van der Waals surface area contributed by atoms with Crippen molar-refractivity contribution >= 4 is 17.6 Å². The zero-order valence-electron chi connectivity index (χ0n) is 21.2. The van der Waals surface area contributed by atoms with Crippen LogP contribution in [-0.2, 0) is 15.0 Å². The van der Waals surface area contributed by atoms with Crippen LogP contribution in [-0.4, -0.2) is 52.8 Å².